The average Bonchev–Trinajstić information content (AvgIpc) is 2.91. The fourth-order valence-electron chi connectivity index (χ4n) is 4.06. The summed E-state index contributed by atoms with van der Waals surface area (Å²) in [5, 5.41) is 13.0. The molecule has 2 aromatic rings. The molecule has 1 fully saturated rings. The number of carbonyl (C=O) groups is 4. The molecule has 1 aliphatic rings. The van der Waals surface area contributed by atoms with Gasteiger partial charge >= 0.3 is 17.9 Å². The molecule has 1 amide bonds. The first-order valence-electron chi connectivity index (χ1n) is 12.4. The molecule has 0 radical (unpaired) electrons. The van der Waals surface area contributed by atoms with Crippen molar-refractivity contribution in [3.05, 3.63) is 59.7 Å². The summed E-state index contributed by atoms with van der Waals surface area (Å²) < 4.78 is 16.7. The molecule has 1 saturated heterocycles. The Bertz CT molecular complexity index is 1160. The molecule has 204 valence electrons. The zero-order valence-corrected chi connectivity index (χ0v) is 22.2. The summed E-state index contributed by atoms with van der Waals surface area (Å²) in [6.07, 6.45) is -1.95. The number of anilines is 1. The van der Waals surface area contributed by atoms with E-state index in [1.54, 1.807) is 45.0 Å². The molecule has 38 heavy (non-hydrogen) atoms. The Morgan fingerprint density at radius 1 is 1.08 bits per heavy atom. The van der Waals surface area contributed by atoms with Crippen LogP contribution in [0, 0.1) is 11.8 Å². The predicted molar refractivity (Wildman–Crippen MR) is 139 cm³/mol. The van der Waals surface area contributed by atoms with Crippen LogP contribution in [-0.4, -0.2) is 67.9 Å². The van der Waals surface area contributed by atoms with Crippen LogP contribution in [0.2, 0.25) is 0 Å². The molecule has 4 atom stereocenters. The number of benzene rings is 2. The smallest absolute Gasteiger partial charge is 0.332 e. The summed E-state index contributed by atoms with van der Waals surface area (Å²) >= 11 is 0. The van der Waals surface area contributed by atoms with Gasteiger partial charge in [-0.25, -0.2) is 4.79 Å². The number of hydrogen-bond donors (Lipinski definition) is 2. The van der Waals surface area contributed by atoms with Gasteiger partial charge in [0.1, 0.15) is 18.6 Å². The molecule has 2 aromatic carbocycles. The Kier molecular flexibility index (Phi) is 9.33. The van der Waals surface area contributed by atoms with Crippen molar-refractivity contribution >= 4 is 29.5 Å². The van der Waals surface area contributed by atoms with Crippen LogP contribution in [0.5, 0.6) is 5.75 Å². The van der Waals surface area contributed by atoms with Crippen LogP contribution in [0.15, 0.2) is 48.5 Å². The number of amides is 1. The standard InChI is InChI=1S/C28H34N2O8/c1-16(2)26(33)38-24-17(3)37-28(35)21(15-36-27(34)20(24)14-18-10-7-6-8-11-18)29-25(32)19-12-9-13-22(23(19)31)30(4)5/h6-13,16-17,20-21,24,31H,14-15H2,1-5H3,(H,29,32)/t17-,20+,21-,24-/m0/s1. The van der Waals surface area contributed by atoms with Gasteiger partial charge in [-0.1, -0.05) is 50.2 Å². The number of nitrogens with zero attached hydrogens (tertiary/aromatic N) is 1. The Morgan fingerprint density at radius 3 is 2.39 bits per heavy atom. The first-order valence-corrected chi connectivity index (χ1v) is 12.4. The van der Waals surface area contributed by atoms with Crippen LogP contribution in [0.25, 0.3) is 0 Å². The molecule has 10 heteroatoms. The predicted octanol–water partition coefficient (Wildman–Crippen LogP) is 2.47. The van der Waals surface area contributed by atoms with Gasteiger partial charge in [0, 0.05) is 14.1 Å². The molecule has 0 saturated carbocycles. The first-order chi connectivity index (χ1) is 18.0. The van der Waals surface area contributed by atoms with E-state index >= 15 is 0 Å². The quantitative estimate of drug-likeness (QED) is 0.413. The number of phenols is 1. The second-order valence-electron chi connectivity index (χ2n) is 9.72. The summed E-state index contributed by atoms with van der Waals surface area (Å²) in [5.74, 6) is -4.57. The van der Waals surface area contributed by atoms with Gasteiger partial charge in [0.2, 0.25) is 0 Å². The van der Waals surface area contributed by atoms with Gasteiger partial charge < -0.3 is 29.5 Å². The van der Waals surface area contributed by atoms with E-state index in [1.165, 1.54) is 13.0 Å². The molecule has 3 rings (SSSR count). The van der Waals surface area contributed by atoms with Crippen LogP contribution in [0.4, 0.5) is 5.69 Å². The SMILES string of the molecule is CC(C)C(=O)O[C@H]1[C@H](C)OC(=O)[C@@H](NC(=O)c2cccc(N(C)C)c2O)COC(=O)[C@@H]1Cc1ccccc1. The maximum absolute atomic E-state index is 13.3. The van der Waals surface area contributed by atoms with Gasteiger partial charge in [0.05, 0.1) is 17.2 Å². The van der Waals surface area contributed by atoms with Crippen LogP contribution < -0.4 is 10.2 Å². The third kappa shape index (κ3) is 6.81. The Labute approximate surface area is 221 Å². The fraction of sp³-hybridized carbons (Fsp3) is 0.429. The second kappa shape index (κ2) is 12.4. The molecule has 2 N–H and O–H groups in total. The molecule has 0 aliphatic carbocycles. The minimum atomic E-state index is -1.35. The maximum Gasteiger partial charge on any atom is 0.332 e. The van der Waals surface area contributed by atoms with Gasteiger partial charge in [-0.05, 0) is 31.0 Å². The van der Waals surface area contributed by atoms with Crippen LogP contribution in [0.3, 0.4) is 0 Å². The minimum Gasteiger partial charge on any atom is -0.505 e. The number of rotatable bonds is 7. The van der Waals surface area contributed by atoms with E-state index in [1.807, 2.05) is 30.3 Å². The number of cyclic esters (lactones) is 2. The number of phenolic OH excluding ortho intramolecular Hbond substituents is 1. The van der Waals surface area contributed by atoms with Crippen molar-refractivity contribution in [2.24, 2.45) is 11.8 Å². The Balaban J connectivity index is 1.88. The van der Waals surface area contributed by atoms with Crippen molar-refractivity contribution < 1.29 is 38.5 Å². The number of nitrogens with one attached hydrogen (secondary N) is 1. The van der Waals surface area contributed by atoms with Crippen LogP contribution in [0.1, 0.15) is 36.7 Å². The van der Waals surface area contributed by atoms with Crippen molar-refractivity contribution in [1.82, 2.24) is 5.32 Å². The number of hydrogen-bond acceptors (Lipinski definition) is 9. The molecule has 1 aliphatic heterocycles. The summed E-state index contributed by atoms with van der Waals surface area (Å²) in [4.78, 5) is 53.4. The minimum absolute atomic E-state index is 0.0612. The van der Waals surface area contributed by atoms with Gasteiger partial charge in [-0.2, -0.15) is 0 Å². The molecule has 0 unspecified atom stereocenters. The lowest BCUT2D eigenvalue weighted by molar-refractivity contribution is -0.176. The number of ether oxygens (including phenoxy) is 3. The normalized spacial score (nSPS) is 21.8. The number of aromatic hydroxyl groups is 1. The Morgan fingerprint density at radius 2 is 1.76 bits per heavy atom. The highest BCUT2D eigenvalue weighted by molar-refractivity contribution is 6.00. The zero-order valence-electron chi connectivity index (χ0n) is 22.2. The van der Waals surface area contributed by atoms with E-state index in [9.17, 15) is 24.3 Å². The molecular weight excluding hydrogens is 492 g/mol. The first kappa shape index (κ1) is 28.5. The lowest BCUT2D eigenvalue weighted by atomic mass is 9.91. The van der Waals surface area contributed by atoms with Crippen molar-refractivity contribution in [3.8, 4) is 5.75 Å². The van der Waals surface area contributed by atoms with E-state index < -0.39 is 60.5 Å². The average molecular weight is 527 g/mol. The molecule has 1 heterocycles. The van der Waals surface area contributed by atoms with Crippen LogP contribution >= 0.6 is 0 Å². The van der Waals surface area contributed by atoms with Crippen molar-refractivity contribution in [1.29, 1.82) is 0 Å². The fourth-order valence-corrected chi connectivity index (χ4v) is 4.06. The number of esters is 3. The molecular formula is C28H34N2O8. The summed E-state index contributed by atoms with van der Waals surface area (Å²) in [6.45, 7) is 4.34. The van der Waals surface area contributed by atoms with Gasteiger partial charge in [0.15, 0.2) is 17.9 Å². The lowest BCUT2D eigenvalue weighted by Crippen LogP contribution is -2.46. The highest BCUT2D eigenvalue weighted by atomic mass is 16.6. The second-order valence-corrected chi connectivity index (χ2v) is 9.72. The summed E-state index contributed by atoms with van der Waals surface area (Å²) in [5.41, 5.74) is 1.15. The van der Waals surface area contributed by atoms with Gasteiger partial charge in [0.25, 0.3) is 5.91 Å². The highest BCUT2D eigenvalue weighted by Gasteiger charge is 2.42. The van der Waals surface area contributed by atoms with E-state index in [2.05, 4.69) is 5.32 Å². The third-order valence-electron chi connectivity index (χ3n) is 6.21. The van der Waals surface area contributed by atoms with Gasteiger partial charge in [-0.15, -0.1) is 0 Å². The largest absolute Gasteiger partial charge is 0.505 e. The molecule has 0 aromatic heterocycles. The van der Waals surface area contributed by atoms with Crippen molar-refractivity contribution in [3.63, 3.8) is 0 Å². The molecule has 0 spiro atoms. The number of para-hydroxylation sites is 1. The van der Waals surface area contributed by atoms with E-state index in [0.717, 1.165) is 5.56 Å². The summed E-state index contributed by atoms with van der Waals surface area (Å²) in [7, 11) is 3.42. The van der Waals surface area contributed by atoms with E-state index in [-0.39, 0.29) is 17.7 Å². The van der Waals surface area contributed by atoms with E-state index in [0.29, 0.717) is 5.69 Å². The van der Waals surface area contributed by atoms with Crippen molar-refractivity contribution in [2.45, 2.75) is 45.4 Å². The zero-order chi connectivity index (χ0) is 28.0. The van der Waals surface area contributed by atoms with Crippen molar-refractivity contribution in [2.75, 3.05) is 25.6 Å². The van der Waals surface area contributed by atoms with E-state index in [4.69, 9.17) is 14.2 Å². The molecule has 0 bridgehead atoms. The number of carbonyl (C=O) groups excluding carboxylic acids is 4. The lowest BCUT2D eigenvalue weighted by Gasteiger charge is -2.29. The third-order valence-corrected chi connectivity index (χ3v) is 6.21. The van der Waals surface area contributed by atoms with Gasteiger partial charge in [-0.3, -0.25) is 14.4 Å². The van der Waals surface area contributed by atoms with Crippen LogP contribution in [-0.2, 0) is 35.0 Å². The Hall–Kier alpha value is -4.08. The monoisotopic (exact) mass is 526 g/mol. The summed E-state index contributed by atoms with van der Waals surface area (Å²) in [6, 6.07) is 12.4. The topological polar surface area (TPSA) is 131 Å². The highest BCUT2D eigenvalue weighted by Crippen LogP contribution is 2.30. The maximum atomic E-state index is 13.3. The molecule has 10 nitrogen and oxygen atoms in total.